The fourth-order valence-electron chi connectivity index (χ4n) is 1.24. The lowest BCUT2D eigenvalue weighted by molar-refractivity contribution is 0.284. The zero-order chi connectivity index (χ0) is 9.23. The predicted molar refractivity (Wildman–Crippen MR) is 63.9 cm³/mol. The Morgan fingerprint density at radius 1 is 1.25 bits per heavy atom. The number of alkyl halides is 1. The van der Waals surface area contributed by atoms with Crippen LogP contribution in [-0.2, 0) is 0 Å². The van der Waals surface area contributed by atoms with Gasteiger partial charge in [0.1, 0.15) is 0 Å². The second kappa shape index (κ2) is 9.74. The number of hydrogen-bond donors (Lipinski definition) is 1. The lowest BCUT2D eigenvalue weighted by Crippen LogP contribution is -2.27. The number of nitrogens with one attached hydrogen (secondary N) is 1. The average molecular weight is 284 g/mol. The molecule has 0 spiro atoms. The van der Waals surface area contributed by atoms with Crippen LogP contribution in [0.15, 0.2) is 0 Å². The van der Waals surface area contributed by atoms with Crippen molar-refractivity contribution >= 4 is 22.6 Å². The molecular formula is C9H21IN2. The SMILES string of the molecule is CCCN(CC)CCCNCI. The molecular weight excluding hydrogens is 263 g/mol. The highest BCUT2D eigenvalue weighted by molar-refractivity contribution is 14.1. The Kier molecular flexibility index (Phi) is 10.3. The monoisotopic (exact) mass is 284 g/mol. The van der Waals surface area contributed by atoms with Crippen molar-refractivity contribution in [1.82, 2.24) is 10.2 Å². The molecule has 0 fully saturated rings. The van der Waals surface area contributed by atoms with Gasteiger partial charge in [-0.2, -0.15) is 0 Å². The molecule has 0 radical (unpaired) electrons. The van der Waals surface area contributed by atoms with Crippen LogP contribution in [0, 0.1) is 0 Å². The molecule has 0 saturated carbocycles. The second-order valence-electron chi connectivity index (χ2n) is 2.92. The fraction of sp³-hybridized carbons (Fsp3) is 1.00. The van der Waals surface area contributed by atoms with Gasteiger partial charge in [-0.05, 0) is 39.0 Å². The maximum absolute atomic E-state index is 3.33. The highest BCUT2D eigenvalue weighted by Crippen LogP contribution is 1.92. The summed E-state index contributed by atoms with van der Waals surface area (Å²) in [7, 11) is 0. The van der Waals surface area contributed by atoms with Gasteiger partial charge in [0.2, 0.25) is 0 Å². The topological polar surface area (TPSA) is 15.3 Å². The molecule has 74 valence electrons. The van der Waals surface area contributed by atoms with Crippen molar-refractivity contribution in [3.05, 3.63) is 0 Å². The Balaban J connectivity index is 3.19. The lowest BCUT2D eigenvalue weighted by atomic mass is 10.3. The molecule has 0 saturated heterocycles. The number of rotatable bonds is 8. The summed E-state index contributed by atoms with van der Waals surface area (Å²) in [6, 6.07) is 0. The van der Waals surface area contributed by atoms with Crippen LogP contribution in [0.5, 0.6) is 0 Å². The summed E-state index contributed by atoms with van der Waals surface area (Å²) >= 11 is 2.35. The van der Waals surface area contributed by atoms with Crippen molar-refractivity contribution < 1.29 is 0 Å². The van der Waals surface area contributed by atoms with Crippen molar-refractivity contribution in [2.75, 3.05) is 30.7 Å². The molecule has 0 atom stereocenters. The lowest BCUT2D eigenvalue weighted by Gasteiger charge is -2.18. The van der Waals surface area contributed by atoms with Crippen LogP contribution in [0.3, 0.4) is 0 Å². The first-order valence-corrected chi connectivity index (χ1v) is 6.36. The largest absolute Gasteiger partial charge is 0.308 e. The van der Waals surface area contributed by atoms with Crippen LogP contribution >= 0.6 is 22.6 Å². The third-order valence-corrected chi connectivity index (χ3v) is 2.45. The Hall–Kier alpha value is 0.650. The Morgan fingerprint density at radius 3 is 2.50 bits per heavy atom. The van der Waals surface area contributed by atoms with Crippen LogP contribution in [0.2, 0.25) is 0 Å². The normalized spacial score (nSPS) is 11.0. The zero-order valence-corrected chi connectivity index (χ0v) is 10.4. The highest BCUT2D eigenvalue weighted by Gasteiger charge is 1.98. The van der Waals surface area contributed by atoms with Crippen molar-refractivity contribution in [2.45, 2.75) is 26.7 Å². The van der Waals surface area contributed by atoms with Gasteiger partial charge in [0, 0.05) is 4.55 Å². The van der Waals surface area contributed by atoms with E-state index in [9.17, 15) is 0 Å². The summed E-state index contributed by atoms with van der Waals surface area (Å²) in [4.78, 5) is 2.51. The molecule has 0 aromatic rings. The number of hydrogen-bond acceptors (Lipinski definition) is 2. The molecule has 3 heteroatoms. The molecule has 0 heterocycles. The minimum Gasteiger partial charge on any atom is -0.308 e. The van der Waals surface area contributed by atoms with E-state index >= 15 is 0 Å². The Morgan fingerprint density at radius 2 is 2.00 bits per heavy atom. The summed E-state index contributed by atoms with van der Waals surface area (Å²) in [6.45, 7) is 9.32. The van der Waals surface area contributed by atoms with E-state index in [1.807, 2.05) is 0 Å². The van der Waals surface area contributed by atoms with E-state index < -0.39 is 0 Å². The summed E-state index contributed by atoms with van der Waals surface area (Å²) < 4.78 is 1.07. The molecule has 12 heavy (non-hydrogen) atoms. The first-order chi connectivity index (χ1) is 5.85. The van der Waals surface area contributed by atoms with Gasteiger partial charge in [-0.25, -0.2) is 0 Å². The molecule has 1 N–H and O–H groups in total. The van der Waals surface area contributed by atoms with E-state index in [0.717, 1.165) is 11.1 Å². The van der Waals surface area contributed by atoms with Crippen molar-refractivity contribution in [3.63, 3.8) is 0 Å². The van der Waals surface area contributed by atoms with Gasteiger partial charge in [0.05, 0.1) is 0 Å². The molecule has 0 aliphatic rings. The molecule has 0 aromatic heterocycles. The minimum atomic E-state index is 1.07. The van der Waals surface area contributed by atoms with Gasteiger partial charge in [0.25, 0.3) is 0 Å². The van der Waals surface area contributed by atoms with Crippen LogP contribution in [0.4, 0.5) is 0 Å². The standard InChI is InChI=1S/C9H21IN2/c1-3-7-12(4-2)8-5-6-11-9-10/h11H,3-9H2,1-2H3. The fourth-order valence-corrected chi connectivity index (χ4v) is 1.62. The number of halogens is 1. The molecule has 0 bridgehead atoms. The molecule has 0 aromatic carbocycles. The summed E-state index contributed by atoms with van der Waals surface area (Å²) in [5.41, 5.74) is 0. The Bertz CT molecular complexity index is 88.6. The second-order valence-corrected chi connectivity index (χ2v) is 3.68. The van der Waals surface area contributed by atoms with Crippen LogP contribution < -0.4 is 5.32 Å². The van der Waals surface area contributed by atoms with Crippen LogP contribution in [0.1, 0.15) is 26.7 Å². The van der Waals surface area contributed by atoms with Gasteiger partial charge < -0.3 is 10.2 Å². The molecule has 0 unspecified atom stereocenters. The van der Waals surface area contributed by atoms with E-state index in [2.05, 4.69) is 46.7 Å². The van der Waals surface area contributed by atoms with Gasteiger partial charge in [0.15, 0.2) is 0 Å². The maximum atomic E-state index is 3.33. The first kappa shape index (κ1) is 12.7. The summed E-state index contributed by atoms with van der Waals surface area (Å²) in [5.74, 6) is 0. The van der Waals surface area contributed by atoms with Gasteiger partial charge in [-0.3, -0.25) is 0 Å². The quantitative estimate of drug-likeness (QED) is 0.318. The average Bonchev–Trinajstić information content (AvgIpc) is 2.10. The van der Waals surface area contributed by atoms with E-state index in [0.29, 0.717) is 0 Å². The zero-order valence-electron chi connectivity index (χ0n) is 8.27. The summed E-state index contributed by atoms with van der Waals surface area (Å²) in [6.07, 6.45) is 2.55. The van der Waals surface area contributed by atoms with Crippen molar-refractivity contribution in [2.24, 2.45) is 0 Å². The molecule has 2 nitrogen and oxygen atoms in total. The van der Waals surface area contributed by atoms with Crippen molar-refractivity contribution in [3.8, 4) is 0 Å². The molecule has 0 aliphatic carbocycles. The van der Waals surface area contributed by atoms with E-state index in [1.165, 1.54) is 32.5 Å². The van der Waals surface area contributed by atoms with E-state index in [1.54, 1.807) is 0 Å². The highest BCUT2D eigenvalue weighted by atomic mass is 127. The third-order valence-electron chi connectivity index (χ3n) is 1.91. The van der Waals surface area contributed by atoms with E-state index in [4.69, 9.17) is 0 Å². The van der Waals surface area contributed by atoms with Gasteiger partial charge in [-0.1, -0.05) is 36.4 Å². The van der Waals surface area contributed by atoms with Crippen molar-refractivity contribution in [1.29, 1.82) is 0 Å². The number of nitrogens with zero attached hydrogens (tertiary/aromatic N) is 1. The maximum Gasteiger partial charge on any atom is 0.0479 e. The summed E-state index contributed by atoms with van der Waals surface area (Å²) in [5, 5.41) is 3.33. The molecule has 0 amide bonds. The Labute approximate surface area is 90.2 Å². The molecule has 0 rings (SSSR count). The van der Waals surface area contributed by atoms with Gasteiger partial charge in [-0.15, -0.1) is 0 Å². The van der Waals surface area contributed by atoms with Crippen LogP contribution in [0.25, 0.3) is 0 Å². The smallest absolute Gasteiger partial charge is 0.0479 e. The minimum absolute atomic E-state index is 1.07. The first-order valence-electron chi connectivity index (χ1n) is 4.84. The predicted octanol–water partition coefficient (Wildman–Crippen LogP) is 2.09. The molecule has 0 aliphatic heterocycles. The third kappa shape index (κ3) is 7.31. The van der Waals surface area contributed by atoms with Gasteiger partial charge >= 0.3 is 0 Å². The van der Waals surface area contributed by atoms with E-state index in [-0.39, 0.29) is 0 Å². The van der Waals surface area contributed by atoms with Crippen LogP contribution in [-0.4, -0.2) is 35.6 Å².